The third kappa shape index (κ3) is 6.31. The van der Waals surface area contributed by atoms with E-state index in [1.807, 2.05) is 0 Å². The summed E-state index contributed by atoms with van der Waals surface area (Å²) in [5, 5.41) is 2.87. The minimum Gasteiger partial charge on any atom is -0.300 e. The van der Waals surface area contributed by atoms with Gasteiger partial charge in [0.2, 0.25) is 0 Å². The molecule has 1 atom stereocenters. The van der Waals surface area contributed by atoms with E-state index in [4.69, 9.17) is 9.05 Å². The van der Waals surface area contributed by atoms with Crippen molar-refractivity contribution in [2.75, 3.05) is 20.8 Å². The fourth-order valence-corrected chi connectivity index (χ4v) is 2.28. The molecule has 0 aromatic carbocycles. The number of unbranched alkanes of at least 4 members (excludes halogenated alkanes) is 1. The molecule has 0 aliphatic rings. The van der Waals surface area contributed by atoms with Gasteiger partial charge in [-0.2, -0.15) is 0 Å². The summed E-state index contributed by atoms with van der Waals surface area (Å²) in [6.45, 7) is 5.01. The van der Waals surface area contributed by atoms with Gasteiger partial charge in [0.25, 0.3) is 0 Å². The minimum atomic E-state index is -3.03. The molecule has 0 saturated heterocycles. The highest BCUT2D eigenvalue weighted by molar-refractivity contribution is 7.51. The summed E-state index contributed by atoms with van der Waals surface area (Å²) < 4.78 is 21.3. The Balaban J connectivity index is 3.93. The van der Waals surface area contributed by atoms with Gasteiger partial charge in [-0.1, -0.05) is 33.1 Å². The molecular weight excluding hydrogens is 213 g/mol. The second-order valence-electron chi connectivity index (χ2n) is 3.64. The molecular formula is C10H24NO3P. The van der Waals surface area contributed by atoms with Crippen molar-refractivity contribution in [3.05, 3.63) is 0 Å². The lowest BCUT2D eigenvalue weighted by Gasteiger charge is -2.19. The molecule has 0 fully saturated rings. The normalized spacial score (nSPS) is 14.1. The first-order chi connectivity index (χ1) is 7.11. The molecule has 1 unspecified atom stereocenters. The van der Waals surface area contributed by atoms with E-state index < -0.39 is 7.75 Å². The first-order valence-electron chi connectivity index (χ1n) is 5.58. The van der Waals surface area contributed by atoms with Crippen molar-refractivity contribution in [2.45, 2.75) is 39.5 Å². The zero-order valence-electron chi connectivity index (χ0n) is 10.3. The predicted octanol–water partition coefficient (Wildman–Crippen LogP) is 3.19. The fourth-order valence-electron chi connectivity index (χ4n) is 1.39. The van der Waals surface area contributed by atoms with E-state index in [9.17, 15) is 4.57 Å². The Labute approximate surface area is 93.3 Å². The van der Waals surface area contributed by atoms with E-state index in [0.717, 1.165) is 12.8 Å². The Bertz CT molecular complexity index is 191. The minimum absolute atomic E-state index is 0.545. The van der Waals surface area contributed by atoms with Gasteiger partial charge in [0.05, 0.1) is 0 Å². The van der Waals surface area contributed by atoms with Crippen LogP contribution < -0.4 is 5.09 Å². The Hall–Kier alpha value is 0.110. The summed E-state index contributed by atoms with van der Waals surface area (Å²) in [5.41, 5.74) is 0. The van der Waals surface area contributed by atoms with Gasteiger partial charge < -0.3 is 9.05 Å². The van der Waals surface area contributed by atoms with Crippen molar-refractivity contribution in [3.8, 4) is 0 Å². The zero-order chi connectivity index (χ0) is 11.7. The maximum absolute atomic E-state index is 11.7. The molecule has 0 heterocycles. The van der Waals surface area contributed by atoms with Gasteiger partial charge in [-0.15, -0.1) is 0 Å². The lowest BCUT2D eigenvalue weighted by atomic mass is 10.00. The molecule has 0 radical (unpaired) electrons. The van der Waals surface area contributed by atoms with Crippen LogP contribution >= 0.6 is 7.75 Å². The number of nitrogens with one attached hydrogen (secondary N) is 1. The van der Waals surface area contributed by atoms with Crippen LogP contribution in [0.5, 0.6) is 0 Å². The van der Waals surface area contributed by atoms with Crippen molar-refractivity contribution in [1.82, 2.24) is 5.09 Å². The van der Waals surface area contributed by atoms with Crippen LogP contribution in [0.4, 0.5) is 0 Å². The van der Waals surface area contributed by atoms with Crippen molar-refractivity contribution >= 4 is 7.75 Å². The molecule has 0 saturated carbocycles. The van der Waals surface area contributed by atoms with E-state index in [-0.39, 0.29) is 0 Å². The number of hydrogen-bond acceptors (Lipinski definition) is 3. The SMILES string of the molecule is CCCCC(CC)CNP(=O)(OC)OC. The highest BCUT2D eigenvalue weighted by Gasteiger charge is 2.21. The second kappa shape index (κ2) is 8.28. The number of rotatable bonds is 9. The lowest BCUT2D eigenvalue weighted by molar-refractivity contribution is 0.259. The average molecular weight is 237 g/mol. The molecule has 92 valence electrons. The fraction of sp³-hybridized carbons (Fsp3) is 1.00. The van der Waals surface area contributed by atoms with Gasteiger partial charge in [0.1, 0.15) is 0 Å². The first kappa shape index (κ1) is 15.1. The van der Waals surface area contributed by atoms with Crippen molar-refractivity contribution in [3.63, 3.8) is 0 Å². The van der Waals surface area contributed by atoms with E-state index >= 15 is 0 Å². The summed E-state index contributed by atoms with van der Waals surface area (Å²) >= 11 is 0. The predicted molar refractivity (Wildman–Crippen MR) is 62.9 cm³/mol. The highest BCUT2D eigenvalue weighted by atomic mass is 31.2. The molecule has 4 nitrogen and oxygen atoms in total. The van der Waals surface area contributed by atoms with Gasteiger partial charge in [0, 0.05) is 20.8 Å². The zero-order valence-corrected chi connectivity index (χ0v) is 11.2. The third-order valence-corrected chi connectivity index (χ3v) is 4.13. The molecule has 0 amide bonds. The highest BCUT2D eigenvalue weighted by Crippen LogP contribution is 2.41. The van der Waals surface area contributed by atoms with Crippen molar-refractivity contribution in [1.29, 1.82) is 0 Å². The largest absolute Gasteiger partial charge is 0.404 e. The smallest absolute Gasteiger partial charge is 0.300 e. The summed E-state index contributed by atoms with van der Waals surface area (Å²) in [5.74, 6) is 0.545. The Kier molecular flexibility index (Phi) is 8.34. The van der Waals surface area contributed by atoms with Crippen LogP contribution in [0.25, 0.3) is 0 Å². The van der Waals surface area contributed by atoms with E-state index in [1.54, 1.807) is 0 Å². The van der Waals surface area contributed by atoms with Crippen molar-refractivity contribution < 1.29 is 13.6 Å². The standard InChI is InChI=1S/C10H24NO3P/c1-5-7-8-10(6-2)9-11-15(12,13-3)14-4/h10H,5-9H2,1-4H3,(H,11,12). The molecule has 5 heteroatoms. The molecule has 1 N–H and O–H groups in total. The van der Waals surface area contributed by atoms with Crippen LogP contribution in [-0.2, 0) is 13.6 Å². The maximum atomic E-state index is 11.7. The Morgan fingerprint density at radius 2 is 1.87 bits per heavy atom. The molecule has 0 aliphatic carbocycles. The van der Waals surface area contributed by atoms with Gasteiger partial charge in [-0.25, -0.2) is 9.65 Å². The molecule has 0 spiro atoms. The van der Waals surface area contributed by atoms with Gasteiger partial charge in [-0.3, -0.25) is 0 Å². The molecule has 0 aliphatic heterocycles. The van der Waals surface area contributed by atoms with E-state index in [2.05, 4.69) is 18.9 Å². The van der Waals surface area contributed by atoms with E-state index in [1.165, 1.54) is 27.1 Å². The summed E-state index contributed by atoms with van der Waals surface area (Å²) in [7, 11) is -0.244. The number of hydrogen-bond donors (Lipinski definition) is 1. The molecule has 0 aromatic rings. The Morgan fingerprint density at radius 3 is 2.27 bits per heavy atom. The molecule has 0 aromatic heterocycles. The Morgan fingerprint density at radius 1 is 1.27 bits per heavy atom. The van der Waals surface area contributed by atoms with Crippen LogP contribution in [0.2, 0.25) is 0 Å². The lowest BCUT2D eigenvalue weighted by Crippen LogP contribution is -2.21. The van der Waals surface area contributed by atoms with Crippen LogP contribution in [0.3, 0.4) is 0 Å². The van der Waals surface area contributed by atoms with Crippen LogP contribution in [0.15, 0.2) is 0 Å². The van der Waals surface area contributed by atoms with E-state index in [0.29, 0.717) is 12.5 Å². The quantitative estimate of drug-likeness (QED) is 0.625. The maximum Gasteiger partial charge on any atom is 0.404 e. The monoisotopic (exact) mass is 237 g/mol. The van der Waals surface area contributed by atoms with Gasteiger partial charge in [0.15, 0.2) is 0 Å². The van der Waals surface area contributed by atoms with Crippen molar-refractivity contribution in [2.24, 2.45) is 5.92 Å². The van der Waals surface area contributed by atoms with Gasteiger partial charge >= 0.3 is 7.75 Å². The topological polar surface area (TPSA) is 47.6 Å². The van der Waals surface area contributed by atoms with Crippen LogP contribution in [0, 0.1) is 5.92 Å². The summed E-state index contributed by atoms with van der Waals surface area (Å²) in [6, 6.07) is 0. The summed E-state index contributed by atoms with van der Waals surface area (Å²) in [6.07, 6.45) is 4.65. The molecule has 0 bridgehead atoms. The summed E-state index contributed by atoms with van der Waals surface area (Å²) in [4.78, 5) is 0. The molecule has 0 rings (SSSR count). The molecule has 15 heavy (non-hydrogen) atoms. The second-order valence-corrected chi connectivity index (χ2v) is 5.68. The third-order valence-electron chi connectivity index (χ3n) is 2.60. The van der Waals surface area contributed by atoms with Crippen LogP contribution in [-0.4, -0.2) is 20.8 Å². The van der Waals surface area contributed by atoms with Crippen LogP contribution in [0.1, 0.15) is 39.5 Å². The average Bonchev–Trinajstić information content (AvgIpc) is 2.29. The first-order valence-corrected chi connectivity index (χ1v) is 7.12. The van der Waals surface area contributed by atoms with Gasteiger partial charge in [-0.05, 0) is 12.3 Å².